The van der Waals surface area contributed by atoms with Crippen LogP contribution < -0.4 is 5.32 Å². The number of aryl methyl sites for hydroxylation is 1. The van der Waals surface area contributed by atoms with Crippen molar-refractivity contribution in [2.45, 2.75) is 13.8 Å². The van der Waals surface area contributed by atoms with E-state index in [-0.39, 0.29) is 5.91 Å². The van der Waals surface area contributed by atoms with E-state index in [0.29, 0.717) is 18.2 Å². The molecule has 0 aliphatic rings. The minimum atomic E-state index is -0.109. The maximum Gasteiger partial charge on any atom is 0.271 e. The van der Waals surface area contributed by atoms with E-state index in [4.69, 9.17) is 0 Å². The molecule has 4 nitrogen and oxygen atoms in total. The molecule has 0 aromatic carbocycles. The molecule has 0 saturated heterocycles. The highest BCUT2D eigenvalue weighted by atomic mass is 32.1. The third kappa shape index (κ3) is 2.79. The molecule has 0 fully saturated rings. The summed E-state index contributed by atoms with van der Waals surface area (Å²) in [5.41, 5.74) is 1.45. The monoisotopic (exact) mass is 263 g/mol. The molecular weight excluding hydrogens is 246 g/mol. The van der Waals surface area contributed by atoms with Crippen LogP contribution in [-0.4, -0.2) is 22.2 Å². The Kier molecular flexibility index (Phi) is 3.81. The maximum atomic E-state index is 11.9. The second kappa shape index (κ2) is 5.35. The van der Waals surface area contributed by atoms with Gasteiger partial charge in [-0.25, -0.2) is 0 Å². The summed E-state index contributed by atoms with van der Waals surface area (Å²) in [7, 11) is 1.86. The topological polar surface area (TPSA) is 46.9 Å². The molecule has 5 heteroatoms. The van der Waals surface area contributed by atoms with Gasteiger partial charge >= 0.3 is 0 Å². The molecule has 0 aliphatic heterocycles. The van der Waals surface area contributed by atoms with Crippen molar-refractivity contribution in [2.75, 3.05) is 6.54 Å². The highest BCUT2D eigenvalue weighted by molar-refractivity contribution is 7.13. The molecule has 1 N–H and O–H groups in total. The lowest BCUT2D eigenvalue weighted by molar-refractivity contribution is 0.0943. The molecule has 2 aromatic rings. The van der Waals surface area contributed by atoms with E-state index >= 15 is 0 Å². The van der Waals surface area contributed by atoms with E-state index in [9.17, 15) is 4.79 Å². The largest absolute Gasteiger partial charge is 0.350 e. The van der Waals surface area contributed by atoms with Gasteiger partial charge in [0.15, 0.2) is 5.69 Å². The van der Waals surface area contributed by atoms with Crippen LogP contribution in [0.15, 0.2) is 23.6 Å². The van der Waals surface area contributed by atoms with Crippen molar-refractivity contribution in [3.8, 4) is 10.6 Å². The first-order valence-electron chi connectivity index (χ1n) is 5.94. The fraction of sp³-hybridized carbons (Fsp3) is 0.385. The van der Waals surface area contributed by atoms with Gasteiger partial charge in [0, 0.05) is 13.6 Å². The second-order valence-electron chi connectivity index (χ2n) is 4.62. The van der Waals surface area contributed by atoms with Crippen molar-refractivity contribution in [1.29, 1.82) is 0 Å². The van der Waals surface area contributed by atoms with E-state index in [1.54, 1.807) is 16.0 Å². The Bertz CT molecular complexity index is 528. The normalized spacial score (nSPS) is 10.9. The molecule has 2 aromatic heterocycles. The number of thiophene rings is 1. The molecule has 0 atom stereocenters. The summed E-state index contributed by atoms with van der Waals surface area (Å²) >= 11 is 1.64. The number of rotatable bonds is 4. The van der Waals surface area contributed by atoms with Crippen molar-refractivity contribution in [1.82, 2.24) is 15.1 Å². The average molecular weight is 263 g/mol. The number of carbonyl (C=O) groups is 1. The summed E-state index contributed by atoms with van der Waals surface area (Å²) in [6.07, 6.45) is 0. The first-order chi connectivity index (χ1) is 8.58. The number of hydrogen-bond donors (Lipinski definition) is 1. The molecule has 0 radical (unpaired) electrons. The highest BCUT2D eigenvalue weighted by Crippen LogP contribution is 2.24. The molecule has 0 saturated carbocycles. The number of nitrogens with zero attached hydrogens (tertiary/aromatic N) is 2. The summed E-state index contributed by atoms with van der Waals surface area (Å²) in [6.45, 7) is 4.80. The highest BCUT2D eigenvalue weighted by Gasteiger charge is 2.14. The van der Waals surface area contributed by atoms with Crippen LogP contribution in [0.5, 0.6) is 0 Å². The fourth-order valence-electron chi connectivity index (χ4n) is 1.62. The van der Waals surface area contributed by atoms with Crippen LogP contribution in [0.3, 0.4) is 0 Å². The zero-order valence-corrected chi connectivity index (χ0v) is 11.6. The lowest BCUT2D eigenvalue weighted by atomic mass is 10.2. The van der Waals surface area contributed by atoms with E-state index in [0.717, 1.165) is 10.6 Å². The molecule has 1 amide bonds. The Morgan fingerprint density at radius 3 is 2.94 bits per heavy atom. The standard InChI is InChI=1S/C13H17N3OS/c1-9(2)8-14-13(17)10-7-11(16(3)15-10)12-5-4-6-18-12/h4-7,9H,8H2,1-3H3,(H,14,17). The second-order valence-corrected chi connectivity index (χ2v) is 5.57. The van der Waals surface area contributed by atoms with Gasteiger partial charge in [0.1, 0.15) is 0 Å². The van der Waals surface area contributed by atoms with Crippen LogP contribution in [0.4, 0.5) is 0 Å². The van der Waals surface area contributed by atoms with Gasteiger partial charge in [0.05, 0.1) is 10.6 Å². The van der Waals surface area contributed by atoms with Gasteiger partial charge in [-0.2, -0.15) is 5.10 Å². The predicted molar refractivity (Wildman–Crippen MR) is 73.7 cm³/mol. The predicted octanol–water partition coefficient (Wildman–Crippen LogP) is 2.53. The molecule has 0 unspecified atom stereocenters. The van der Waals surface area contributed by atoms with Gasteiger partial charge in [-0.1, -0.05) is 19.9 Å². The Balaban J connectivity index is 2.16. The van der Waals surface area contributed by atoms with Crippen LogP contribution >= 0.6 is 11.3 Å². The third-order valence-corrected chi connectivity index (χ3v) is 3.45. The van der Waals surface area contributed by atoms with Gasteiger partial charge in [-0.15, -0.1) is 11.3 Å². The van der Waals surface area contributed by atoms with Crippen molar-refractivity contribution in [3.05, 3.63) is 29.3 Å². The van der Waals surface area contributed by atoms with Crippen molar-refractivity contribution in [2.24, 2.45) is 13.0 Å². The molecule has 0 aliphatic carbocycles. The minimum absolute atomic E-state index is 0.109. The number of aromatic nitrogens is 2. The number of hydrogen-bond acceptors (Lipinski definition) is 3. The molecule has 96 valence electrons. The first kappa shape index (κ1) is 12.8. The summed E-state index contributed by atoms with van der Waals surface area (Å²) < 4.78 is 1.75. The van der Waals surface area contributed by atoms with E-state index in [1.165, 1.54) is 0 Å². The molecule has 0 bridgehead atoms. The van der Waals surface area contributed by atoms with Crippen molar-refractivity contribution in [3.63, 3.8) is 0 Å². The van der Waals surface area contributed by atoms with Crippen LogP contribution in [0.1, 0.15) is 24.3 Å². The molecular formula is C13H17N3OS. The van der Waals surface area contributed by atoms with Gasteiger partial charge in [-0.3, -0.25) is 9.48 Å². The minimum Gasteiger partial charge on any atom is -0.350 e. The summed E-state index contributed by atoms with van der Waals surface area (Å²) in [5.74, 6) is 0.330. The van der Waals surface area contributed by atoms with Crippen LogP contribution in [-0.2, 0) is 7.05 Å². The lowest BCUT2D eigenvalue weighted by Gasteiger charge is -2.04. The molecule has 18 heavy (non-hydrogen) atoms. The third-order valence-electron chi connectivity index (χ3n) is 2.56. The molecule has 2 rings (SSSR count). The zero-order chi connectivity index (χ0) is 13.1. The van der Waals surface area contributed by atoms with Crippen LogP contribution in [0, 0.1) is 5.92 Å². The summed E-state index contributed by atoms with van der Waals surface area (Å²) in [4.78, 5) is 13.0. The van der Waals surface area contributed by atoms with Gasteiger partial charge < -0.3 is 5.32 Å². The quantitative estimate of drug-likeness (QED) is 0.921. The zero-order valence-electron chi connectivity index (χ0n) is 10.8. The van der Waals surface area contributed by atoms with Gasteiger partial charge in [0.2, 0.25) is 0 Å². The summed E-state index contributed by atoms with van der Waals surface area (Å²) in [5, 5.41) is 9.14. The Morgan fingerprint density at radius 2 is 2.33 bits per heavy atom. The number of amides is 1. The van der Waals surface area contributed by atoms with Gasteiger partial charge in [0.25, 0.3) is 5.91 Å². The number of nitrogens with one attached hydrogen (secondary N) is 1. The molecule has 2 heterocycles. The summed E-state index contributed by atoms with van der Waals surface area (Å²) in [6, 6.07) is 5.85. The smallest absolute Gasteiger partial charge is 0.271 e. The van der Waals surface area contributed by atoms with E-state index in [2.05, 4.69) is 24.3 Å². The van der Waals surface area contributed by atoms with Crippen molar-refractivity contribution < 1.29 is 4.79 Å². The Morgan fingerprint density at radius 1 is 1.56 bits per heavy atom. The SMILES string of the molecule is CC(C)CNC(=O)c1cc(-c2cccs2)n(C)n1. The lowest BCUT2D eigenvalue weighted by Crippen LogP contribution is -2.27. The fourth-order valence-corrected chi connectivity index (χ4v) is 2.39. The van der Waals surface area contributed by atoms with Crippen LogP contribution in [0.2, 0.25) is 0 Å². The average Bonchev–Trinajstić information content (AvgIpc) is 2.94. The Labute approximate surface area is 111 Å². The van der Waals surface area contributed by atoms with Crippen molar-refractivity contribution >= 4 is 17.2 Å². The number of carbonyl (C=O) groups excluding carboxylic acids is 1. The van der Waals surface area contributed by atoms with E-state index < -0.39 is 0 Å². The Hall–Kier alpha value is -1.62. The van der Waals surface area contributed by atoms with Gasteiger partial charge in [-0.05, 0) is 23.4 Å². The van der Waals surface area contributed by atoms with E-state index in [1.807, 2.05) is 30.6 Å². The maximum absolute atomic E-state index is 11.9. The first-order valence-corrected chi connectivity index (χ1v) is 6.82. The van der Waals surface area contributed by atoms with Crippen LogP contribution in [0.25, 0.3) is 10.6 Å². The molecule has 0 spiro atoms.